The van der Waals surface area contributed by atoms with Crippen molar-refractivity contribution in [3.05, 3.63) is 29.8 Å². The first kappa shape index (κ1) is 18.7. The average molecular weight is 363 g/mol. The van der Waals surface area contributed by atoms with Crippen molar-refractivity contribution < 1.29 is 28.9 Å². The van der Waals surface area contributed by atoms with Crippen LogP contribution >= 0.6 is 0 Å². The van der Waals surface area contributed by atoms with Crippen LogP contribution in [-0.4, -0.2) is 67.0 Å². The molecule has 2 aliphatic heterocycles. The average Bonchev–Trinajstić information content (AvgIpc) is 3.29. The summed E-state index contributed by atoms with van der Waals surface area (Å²) >= 11 is 0. The summed E-state index contributed by atoms with van der Waals surface area (Å²) in [6.45, 7) is 1.71. The van der Waals surface area contributed by atoms with E-state index < -0.39 is 5.97 Å². The fourth-order valence-corrected chi connectivity index (χ4v) is 3.51. The van der Waals surface area contributed by atoms with Crippen LogP contribution in [0.1, 0.15) is 36.0 Å². The number of amides is 1. The summed E-state index contributed by atoms with van der Waals surface area (Å²) in [5.74, 6) is -0.403. The summed E-state index contributed by atoms with van der Waals surface area (Å²) in [4.78, 5) is 25.5. The molecule has 3 rings (SSSR count). The van der Waals surface area contributed by atoms with Crippen LogP contribution < -0.4 is 4.74 Å². The van der Waals surface area contributed by atoms with Crippen LogP contribution in [0.2, 0.25) is 0 Å². The van der Waals surface area contributed by atoms with E-state index in [4.69, 9.17) is 19.3 Å². The van der Waals surface area contributed by atoms with E-state index in [1.54, 1.807) is 36.3 Å². The molecule has 2 saturated heterocycles. The van der Waals surface area contributed by atoms with Gasteiger partial charge in [0.25, 0.3) is 5.91 Å². The van der Waals surface area contributed by atoms with Crippen molar-refractivity contribution in [2.45, 2.75) is 43.9 Å². The third-order valence-electron chi connectivity index (χ3n) is 4.94. The fourth-order valence-electron chi connectivity index (χ4n) is 3.51. The Bertz CT molecular complexity index is 625. The zero-order valence-corrected chi connectivity index (χ0v) is 14.9. The van der Waals surface area contributed by atoms with Crippen LogP contribution in [0.15, 0.2) is 24.3 Å². The fraction of sp³-hybridized carbons (Fsp3) is 0.579. The van der Waals surface area contributed by atoms with E-state index in [9.17, 15) is 9.59 Å². The first-order chi connectivity index (χ1) is 12.6. The molecule has 7 nitrogen and oxygen atoms in total. The van der Waals surface area contributed by atoms with E-state index in [1.807, 2.05) is 0 Å². The van der Waals surface area contributed by atoms with Crippen molar-refractivity contribution in [3.63, 3.8) is 0 Å². The Labute approximate surface area is 152 Å². The second kappa shape index (κ2) is 8.51. The van der Waals surface area contributed by atoms with Crippen LogP contribution in [0.25, 0.3) is 0 Å². The molecule has 1 aromatic rings. The molecule has 2 fully saturated rings. The van der Waals surface area contributed by atoms with Gasteiger partial charge in [0.1, 0.15) is 12.4 Å². The monoisotopic (exact) mass is 363 g/mol. The van der Waals surface area contributed by atoms with Gasteiger partial charge in [-0.15, -0.1) is 0 Å². The van der Waals surface area contributed by atoms with E-state index in [-0.39, 0.29) is 30.6 Å². The summed E-state index contributed by atoms with van der Waals surface area (Å²) in [5, 5.41) is 9.08. The molecule has 1 aromatic carbocycles. The minimum Gasteiger partial charge on any atom is -0.491 e. The van der Waals surface area contributed by atoms with E-state index >= 15 is 0 Å². The Morgan fingerprint density at radius 2 is 2.08 bits per heavy atom. The summed E-state index contributed by atoms with van der Waals surface area (Å²) in [7, 11) is 1.58. The highest BCUT2D eigenvalue weighted by Crippen LogP contribution is 2.25. The molecule has 0 saturated carbocycles. The molecule has 0 bridgehead atoms. The van der Waals surface area contributed by atoms with Crippen LogP contribution in [0.4, 0.5) is 0 Å². The molecule has 1 amide bonds. The van der Waals surface area contributed by atoms with Crippen molar-refractivity contribution in [2.24, 2.45) is 0 Å². The maximum Gasteiger partial charge on any atom is 0.305 e. The van der Waals surface area contributed by atoms with Gasteiger partial charge in [-0.05, 0) is 43.5 Å². The number of benzene rings is 1. The predicted molar refractivity (Wildman–Crippen MR) is 93.4 cm³/mol. The van der Waals surface area contributed by atoms with Crippen LogP contribution in [-0.2, 0) is 14.3 Å². The summed E-state index contributed by atoms with van der Waals surface area (Å²) in [6.07, 6.45) is 2.56. The normalized spacial score (nSPS) is 25.4. The van der Waals surface area contributed by atoms with Gasteiger partial charge in [0.2, 0.25) is 0 Å². The van der Waals surface area contributed by atoms with Gasteiger partial charge in [-0.3, -0.25) is 9.59 Å². The second-order valence-electron chi connectivity index (χ2n) is 6.77. The van der Waals surface area contributed by atoms with Gasteiger partial charge in [-0.25, -0.2) is 0 Å². The first-order valence-corrected chi connectivity index (χ1v) is 8.97. The molecule has 1 N–H and O–H groups in total. The van der Waals surface area contributed by atoms with Gasteiger partial charge in [0, 0.05) is 31.9 Å². The third-order valence-corrected chi connectivity index (χ3v) is 4.94. The lowest BCUT2D eigenvalue weighted by Crippen LogP contribution is -2.37. The maximum absolute atomic E-state index is 12.8. The van der Waals surface area contributed by atoms with Gasteiger partial charge in [-0.2, -0.15) is 0 Å². The lowest BCUT2D eigenvalue weighted by atomic mass is 10.1. The van der Waals surface area contributed by atoms with Crippen molar-refractivity contribution in [1.29, 1.82) is 0 Å². The van der Waals surface area contributed by atoms with Crippen LogP contribution in [0.5, 0.6) is 5.75 Å². The van der Waals surface area contributed by atoms with E-state index in [0.717, 1.165) is 19.4 Å². The highest BCUT2D eigenvalue weighted by Gasteiger charge is 2.36. The number of rotatable bonds is 7. The lowest BCUT2D eigenvalue weighted by Gasteiger charge is -2.23. The number of likely N-dealkylation sites (tertiary alicyclic amines) is 1. The number of carboxylic acids is 1. The molecule has 2 aliphatic rings. The molecule has 7 heteroatoms. The Morgan fingerprint density at radius 1 is 1.31 bits per heavy atom. The van der Waals surface area contributed by atoms with Crippen molar-refractivity contribution in [3.8, 4) is 5.75 Å². The number of carbonyl (C=O) groups excluding carboxylic acids is 1. The Hall–Kier alpha value is -2.12. The van der Waals surface area contributed by atoms with Gasteiger partial charge in [-0.1, -0.05) is 0 Å². The van der Waals surface area contributed by atoms with Gasteiger partial charge in [0.15, 0.2) is 0 Å². The molecular formula is C19H25NO6. The number of ether oxygens (including phenoxy) is 3. The number of methoxy groups -OCH3 is 1. The third kappa shape index (κ3) is 4.53. The number of hydrogen-bond donors (Lipinski definition) is 1. The molecule has 3 unspecified atom stereocenters. The number of nitrogens with zero attached hydrogens (tertiary/aromatic N) is 1. The van der Waals surface area contributed by atoms with E-state index in [1.165, 1.54) is 0 Å². The summed E-state index contributed by atoms with van der Waals surface area (Å²) in [5.41, 5.74) is 0.515. The standard InChI is InChI=1S/C19H25NO6/c1-24-17-9-14(10-18(21)22)20(11-17)19(23)13-4-6-15(7-5-13)26-12-16-3-2-8-25-16/h4-7,14,16-17H,2-3,8-12H2,1H3,(H,21,22). The lowest BCUT2D eigenvalue weighted by molar-refractivity contribution is -0.137. The molecule has 2 heterocycles. The van der Waals surface area contributed by atoms with Gasteiger partial charge >= 0.3 is 5.97 Å². The van der Waals surface area contributed by atoms with E-state index in [0.29, 0.717) is 30.9 Å². The summed E-state index contributed by atoms with van der Waals surface area (Å²) in [6, 6.07) is 6.60. The van der Waals surface area contributed by atoms with Crippen molar-refractivity contribution >= 4 is 11.9 Å². The van der Waals surface area contributed by atoms with Gasteiger partial charge in [0.05, 0.1) is 18.6 Å². The van der Waals surface area contributed by atoms with E-state index in [2.05, 4.69) is 0 Å². The summed E-state index contributed by atoms with van der Waals surface area (Å²) < 4.78 is 16.6. The molecule has 26 heavy (non-hydrogen) atoms. The van der Waals surface area contributed by atoms with Crippen molar-refractivity contribution in [1.82, 2.24) is 4.90 Å². The predicted octanol–water partition coefficient (Wildman–Crippen LogP) is 1.95. The Kier molecular flexibility index (Phi) is 6.11. The first-order valence-electron chi connectivity index (χ1n) is 8.97. The molecule has 142 valence electrons. The Morgan fingerprint density at radius 3 is 2.69 bits per heavy atom. The zero-order valence-electron chi connectivity index (χ0n) is 14.9. The molecule has 3 atom stereocenters. The van der Waals surface area contributed by atoms with Crippen molar-refractivity contribution in [2.75, 3.05) is 26.9 Å². The number of carboxylic acid groups (broad SMARTS) is 1. The van der Waals surface area contributed by atoms with Gasteiger partial charge < -0.3 is 24.2 Å². The largest absolute Gasteiger partial charge is 0.491 e. The molecule has 0 aliphatic carbocycles. The minimum absolute atomic E-state index is 0.0752. The topological polar surface area (TPSA) is 85.3 Å². The SMILES string of the molecule is COC1CC(CC(=O)O)N(C(=O)c2ccc(OCC3CCCO3)cc2)C1. The zero-order chi connectivity index (χ0) is 18.5. The molecule has 0 spiro atoms. The molecule has 0 aromatic heterocycles. The second-order valence-corrected chi connectivity index (χ2v) is 6.77. The molecular weight excluding hydrogens is 338 g/mol. The quantitative estimate of drug-likeness (QED) is 0.797. The maximum atomic E-state index is 12.8. The number of aliphatic carboxylic acids is 1. The number of hydrogen-bond acceptors (Lipinski definition) is 5. The highest BCUT2D eigenvalue weighted by atomic mass is 16.5. The van der Waals surface area contributed by atoms with Crippen LogP contribution in [0, 0.1) is 0 Å². The minimum atomic E-state index is -0.914. The number of carbonyl (C=O) groups is 2. The smallest absolute Gasteiger partial charge is 0.305 e. The highest BCUT2D eigenvalue weighted by molar-refractivity contribution is 5.95. The molecule has 0 radical (unpaired) electrons. The van der Waals surface area contributed by atoms with Crippen LogP contribution in [0.3, 0.4) is 0 Å². The Balaban J connectivity index is 1.61.